The summed E-state index contributed by atoms with van der Waals surface area (Å²) in [6.07, 6.45) is 9.44. The summed E-state index contributed by atoms with van der Waals surface area (Å²) in [5.74, 6) is 0.660. The van der Waals surface area contributed by atoms with Crippen LogP contribution in [0.3, 0.4) is 0 Å². The van der Waals surface area contributed by atoms with Crippen LogP contribution in [0.15, 0.2) is 24.3 Å². The highest BCUT2D eigenvalue weighted by molar-refractivity contribution is 5.93. The third-order valence-electron chi connectivity index (χ3n) is 6.01. The van der Waals surface area contributed by atoms with Gasteiger partial charge in [-0.15, -0.1) is 0 Å². The molecule has 0 aromatic heterocycles. The molecule has 0 heterocycles. The van der Waals surface area contributed by atoms with Gasteiger partial charge in [-0.05, 0) is 50.3 Å². The Kier molecular flexibility index (Phi) is 7.27. The van der Waals surface area contributed by atoms with E-state index in [0.717, 1.165) is 62.6 Å². The van der Waals surface area contributed by atoms with Crippen LogP contribution in [0.5, 0.6) is 0 Å². The number of anilines is 1. The van der Waals surface area contributed by atoms with Crippen molar-refractivity contribution >= 4 is 17.5 Å². The fourth-order valence-corrected chi connectivity index (χ4v) is 4.05. The van der Waals surface area contributed by atoms with Gasteiger partial charge in [-0.3, -0.25) is 9.59 Å². The van der Waals surface area contributed by atoms with Gasteiger partial charge in [0.25, 0.3) is 0 Å². The van der Waals surface area contributed by atoms with E-state index < -0.39 is 0 Å². The molecule has 5 nitrogen and oxygen atoms in total. The van der Waals surface area contributed by atoms with E-state index in [0.29, 0.717) is 19.6 Å². The number of para-hydroxylation sites is 1. The molecule has 0 bridgehead atoms. The fourth-order valence-electron chi connectivity index (χ4n) is 4.05. The van der Waals surface area contributed by atoms with E-state index in [4.69, 9.17) is 5.73 Å². The maximum Gasteiger partial charge on any atom is 0.227 e. The third kappa shape index (κ3) is 5.32. The molecule has 5 heteroatoms. The van der Waals surface area contributed by atoms with Gasteiger partial charge in [-0.25, -0.2) is 0 Å². The number of nitrogens with one attached hydrogen (secondary N) is 1. The van der Waals surface area contributed by atoms with E-state index in [1.54, 1.807) is 0 Å². The zero-order chi connectivity index (χ0) is 19.1. The Bertz CT molecular complexity index is 636. The molecular weight excluding hydrogens is 338 g/mol. The van der Waals surface area contributed by atoms with Gasteiger partial charge in [0.15, 0.2) is 0 Å². The molecule has 1 aromatic carbocycles. The van der Waals surface area contributed by atoms with Gasteiger partial charge in [-0.1, -0.05) is 43.9 Å². The SMILES string of the molecule is NCCCN(Cc1ccccc1NC(=O)C1CCC1)C(=O)C1CCCCC1. The summed E-state index contributed by atoms with van der Waals surface area (Å²) in [6, 6.07) is 7.87. The topological polar surface area (TPSA) is 75.4 Å². The summed E-state index contributed by atoms with van der Waals surface area (Å²) in [4.78, 5) is 27.4. The van der Waals surface area contributed by atoms with Gasteiger partial charge >= 0.3 is 0 Å². The molecule has 0 saturated heterocycles. The molecular formula is C22H33N3O2. The first kappa shape index (κ1) is 19.9. The number of hydrogen-bond donors (Lipinski definition) is 2. The number of nitrogens with zero attached hydrogens (tertiary/aromatic N) is 1. The maximum absolute atomic E-state index is 13.1. The number of amides is 2. The number of benzene rings is 1. The second-order valence-electron chi connectivity index (χ2n) is 8.01. The number of carbonyl (C=O) groups is 2. The van der Waals surface area contributed by atoms with E-state index in [1.807, 2.05) is 29.2 Å². The van der Waals surface area contributed by atoms with Crippen LogP contribution in [0.2, 0.25) is 0 Å². The minimum Gasteiger partial charge on any atom is -0.338 e. The maximum atomic E-state index is 13.1. The lowest BCUT2D eigenvalue weighted by atomic mass is 9.85. The molecule has 2 amide bonds. The molecule has 2 aliphatic carbocycles. The highest BCUT2D eigenvalue weighted by Gasteiger charge is 2.28. The quantitative estimate of drug-likeness (QED) is 0.732. The Morgan fingerprint density at radius 3 is 2.37 bits per heavy atom. The van der Waals surface area contributed by atoms with Crippen molar-refractivity contribution in [1.82, 2.24) is 4.90 Å². The molecule has 27 heavy (non-hydrogen) atoms. The molecule has 0 unspecified atom stereocenters. The first-order valence-corrected chi connectivity index (χ1v) is 10.6. The summed E-state index contributed by atoms with van der Waals surface area (Å²) in [7, 11) is 0. The monoisotopic (exact) mass is 371 g/mol. The predicted molar refractivity (Wildman–Crippen MR) is 108 cm³/mol. The van der Waals surface area contributed by atoms with Crippen LogP contribution in [-0.4, -0.2) is 29.8 Å². The van der Waals surface area contributed by atoms with Gasteiger partial charge in [0.05, 0.1) is 0 Å². The van der Waals surface area contributed by atoms with Gasteiger partial charge in [0.2, 0.25) is 11.8 Å². The number of hydrogen-bond acceptors (Lipinski definition) is 3. The molecule has 1 aromatic rings. The highest BCUT2D eigenvalue weighted by Crippen LogP contribution is 2.29. The van der Waals surface area contributed by atoms with Crippen molar-refractivity contribution in [3.63, 3.8) is 0 Å². The molecule has 0 aliphatic heterocycles. The van der Waals surface area contributed by atoms with Gasteiger partial charge < -0.3 is 16.0 Å². The van der Waals surface area contributed by atoms with Gasteiger partial charge in [-0.2, -0.15) is 0 Å². The fraction of sp³-hybridized carbons (Fsp3) is 0.636. The van der Waals surface area contributed by atoms with Gasteiger partial charge in [0, 0.05) is 30.6 Å². The van der Waals surface area contributed by atoms with E-state index >= 15 is 0 Å². The summed E-state index contributed by atoms with van der Waals surface area (Å²) in [6.45, 7) is 1.79. The first-order chi connectivity index (χ1) is 13.2. The molecule has 3 N–H and O–H groups in total. The zero-order valence-electron chi connectivity index (χ0n) is 16.3. The number of carbonyl (C=O) groups excluding carboxylic acids is 2. The van der Waals surface area contributed by atoms with Crippen LogP contribution in [0, 0.1) is 11.8 Å². The summed E-state index contributed by atoms with van der Waals surface area (Å²) in [5.41, 5.74) is 7.55. The Morgan fingerprint density at radius 1 is 1.00 bits per heavy atom. The second kappa shape index (κ2) is 9.88. The van der Waals surface area contributed by atoms with Crippen LogP contribution >= 0.6 is 0 Å². The average Bonchev–Trinajstić information content (AvgIpc) is 2.65. The van der Waals surface area contributed by atoms with Crippen molar-refractivity contribution < 1.29 is 9.59 Å². The van der Waals surface area contributed by atoms with Crippen molar-refractivity contribution in [2.24, 2.45) is 17.6 Å². The van der Waals surface area contributed by atoms with Crippen LogP contribution in [0.1, 0.15) is 63.4 Å². The lowest BCUT2D eigenvalue weighted by Crippen LogP contribution is -2.38. The molecule has 0 spiro atoms. The minimum atomic E-state index is 0.112. The normalized spacial score (nSPS) is 18.0. The first-order valence-electron chi connectivity index (χ1n) is 10.6. The molecule has 2 fully saturated rings. The van der Waals surface area contributed by atoms with Crippen molar-refractivity contribution in [3.05, 3.63) is 29.8 Å². The van der Waals surface area contributed by atoms with Crippen LogP contribution in [0.25, 0.3) is 0 Å². The number of nitrogens with two attached hydrogens (primary N) is 1. The van der Waals surface area contributed by atoms with E-state index in [1.165, 1.54) is 6.42 Å². The molecule has 3 rings (SSSR count). The Labute approximate surface area is 162 Å². The highest BCUT2D eigenvalue weighted by atomic mass is 16.2. The van der Waals surface area contributed by atoms with Crippen LogP contribution in [0.4, 0.5) is 5.69 Å². The lowest BCUT2D eigenvalue weighted by Gasteiger charge is -2.30. The predicted octanol–water partition coefficient (Wildman–Crippen LogP) is 3.68. The molecule has 2 saturated carbocycles. The molecule has 0 radical (unpaired) electrons. The van der Waals surface area contributed by atoms with E-state index in [9.17, 15) is 9.59 Å². The van der Waals surface area contributed by atoms with Crippen LogP contribution < -0.4 is 11.1 Å². The second-order valence-corrected chi connectivity index (χ2v) is 8.01. The minimum absolute atomic E-state index is 0.112. The van der Waals surface area contributed by atoms with Crippen molar-refractivity contribution in [2.75, 3.05) is 18.4 Å². The van der Waals surface area contributed by atoms with E-state index in [-0.39, 0.29) is 23.7 Å². The molecule has 0 atom stereocenters. The average molecular weight is 372 g/mol. The van der Waals surface area contributed by atoms with E-state index in [2.05, 4.69) is 5.32 Å². The largest absolute Gasteiger partial charge is 0.338 e. The molecule has 148 valence electrons. The number of rotatable bonds is 8. The van der Waals surface area contributed by atoms with Gasteiger partial charge in [0.1, 0.15) is 0 Å². The standard InChI is InChI=1S/C22H33N3O2/c23-14-7-15-25(22(27)18-8-2-1-3-9-18)16-19-10-4-5-13-20(19)24-21(26)17-11-6-12-17/h4-5,10,13,17-18H,1-3,6-9,11-12,14-16,23H2,(H,24,26). The summed E-state index contributed by atoms with van der Waals surface area (Å²) < 4.78 is 0. The molecule has 2 aliphatic rings. The van der Waals surface area contributed by atoms with Crippen molar-refractivity contribution in [2.45, 2.75) is 64.3 Å². The lowest BCUT2D eigenvalue weighted by molar-refractivity contribution is -0.137. The zero-order valence-corrected chi connectivity index (χ0v) is 16.3. The Hall–Kier alpha value is -1.88. The summed E-state index contributed by atoms with van der Waals surface area (Å²) >= 11 is 0. The summed E-state index contributed by atoms with van der Waals surface area (Å²) in [5, 5.41) is 3.09. The Balaban J connectivity index is 1.70. The smallest absolute Gasteiger partial charge is 0.227 e. The van der Waals surface area contributed by atoms with Crippen LogP contribution in [-0.2, 0) is 16.1 Å². The Morgan fingerprint density at radius 2 is 1.70 bits per heavy atom. The van der Waals surface area contributed by atoms with Crippen molar-refractivity contribution in [3.8, 4) is 0 Å². The van der Waals surface area contributed by atoms with Crippen molar-refractivity contribution in [1.29, 1.82) is 0 Å². The third-order valence-corrected chi connectivity index (χ3v) is 6.01.